The van der Waals surface area contributed by atoms with Gasteiger partial charge in [-0.15, -0.1) is 11.3 Å². The molecule has 1 aliphatic rings. The second-order valence-electron chi connectivity index (χ2n) is 6.95. The summed E-state index contributed by atoms with van der Waals surface area (Å²) in [6.45, 7) is -0.188. The minimum absolute atomic E-state index is 0.138. The van der Waals surface area contributed by atoms with Gasteiger partial charge < -0.3 is 9.94 Å². The third kappa shape index (κ3) is 3.33. The van der Waals surface area contributed by atoms with Crippen LogP contribution in [0.4, 0.5) is 0 Å². The van der Waals surface area contributed by atoms with Gasteiger partial charge in [0.15, 0.2) is 6.61 Å². The van der Waals surface area contributed by atoms with E-state index in [9.17, 15) is 10.0 Å². The smallest absolute Gasteiger partial charge is 0.339 e. The number of pyridine rings is 1. The van der Waals surface area contributed by atoms with Crippen LogP contribution in [0, 0.1) is 5.21 Å². The summed E-state index contributed by atoms with van der Waals surface area (Å²) in [5.41, 5.74) is 4.15. The second kappa shape index (κ2) is 7.68. The van der Waals surface area contributed by atoms with Crippen LogP contribution in [-0.2, 0) is 17.8 Å². The van der Waals surface area contributed by atoms with Crippen molar-refractivity contribution in [1.82, 2.24) is 9.97 Å². The van der Waals surface area contributed by atoms with Crippen LogP contribution in [0.1, 0.15) is 38.7 Å². The fraction of sp³-hybridized carbons (Fsp3) is 0.130. The minimum atomic E-state index is -0.465. The number of carbonyl (C=O) groups excluding carboxylic acids is 1. The number of esters is 1. The first-order valence-corrected chi connectivity index (χ1v) is 10.4. The highest BCUT2D eigenvalue weighted by atomic mass is 32.1. The highest BCUT2D eigenvalue weighted by molar-refractivity contribution is 7.10. The van der Waals surface area contributed by atoms with E-state index in [-0.39, 0.29) is 12.4 Å². The molecule has 0 radical (unpaired) electrons. The van der Waals surface area contributed by atoms with Gasteiger partial charge in [0.25, 0.3) is 0 Å². The number of allylic oxidation sites excluding steroid dienone is 1. The lowest BCUT2D eigenvalue weighted by atomic mass is 10.0. The second-order valence-corrected chi connectivity index (χ2v) is 7.93. The lowest BCUT2D eigenvalue weighted by molar-refractivity contribution is -0.620. The van der Waals surface area contributed by atoms with Crippen molar-refractivity contribution in [3.05, 3.63) is 93.0 Å². The number of fused-ring (bicyclic) bond motifs is 2. The monoisotopic (exact) mass is 415 g/mol. The van der Waals surface area contributed by atoms with Crippen molar-refractivity contribution in [2.75, 3.05) is 0 Å². The first-order chi connectivity index (χ1) is 14.7. The van der Waals surface area contributed by atoms with Gasteiger partial charge in [-0.05, 0) is 52.6 Å². The van der Waals surface area contributed by atoms with E-state index in [1.807, 2.05) is 35.7 Å². The number of rotatable bonds is 4. The van der Waals surface area contributed by atoms with Crippen LogP contribution >= 0.6 is 11.3 Å². The Morgan fingerprint density at radius 1 is 1.20 bits per heavy atom. The largest absolute Gasteiger partial charge is 0.711 e. The summed E-state index contributed by atoms with van der Waals surface area (Å²) in [7, 11) is 0. The van der Waals surface area contributed by atoms with E-state index in [4.69, 9.17) is 9.72 Å². The molecule has 0 bridgehead atoms. The zero-order valence-electron chi connectivity index (χ0n) is 15.9. The number of hydrogen-bond acceptors (Lipinski definition) is 6. The van der Waals surface area contributed by atoms with Crippen molar-refractivity contribution in [3.63, 3.8) is 0 Å². The first-order valence-electron chi connectivity index (χ1n) is 9.57. The summed E-state index contributed by atoms with van der Waals surface area (Å²) in [6, 6.07) is 13.2. The van der Waals surface area contributed by atoms with Crippen molar-refractivity contribution >= 4 is 39.9 Å². The fourth-order valence-electron chi connectivity index (χ4n) is 3.75. The third-order valence-electron chi connectivity index (χ3n) is 5.12. The maximum Gasteiger partial charge on any atom is 0.339 e. The zero-order valence-corrected chi connectivity index (χ0v) is 16.8. The van der Waals surface area contributed by atoms with Gasteiger partial charge in [-0.3, -0.25) is 0 Å². The average Bonchev–Trinajstić information content (AvgIpc) is 3.42. The molecule has 7 heteroatoms. The maximum absolute atomic E-state index is 13.1. The lowest BCUT2D eigenvalue weighted by Crippen LogP contribution is -2.33. The molecule has 0 unspecified atom stereocenters. The number of thiophene rings is 1. The van der Waals surface area contributed by atoms with Crippen molar-refractivity contribution in [2.45, 2.75) is 19.4 Å². The Morgan fingerprint density at radius 3 is 2.93 bits per heavy atom. The van der Waals surface area contributed by atoms with Crippen molar-refractivity contribution in [3.8, 4) is 0 Å². The molecule has 1 aromatic carbocycles. The molecule has 0 spiro atoms. The van der Waals surface area contributed by atoms with Gasteiger partial charge in [0.05, 0.1) is 23.0 Å². The van der Waals surface area contributed by atoms with Gasteiger partial charge in [-0.2, -0.15) is 0 Å². The van der Waals surface area contributed by atoms with E-state index in [0.717, 1.165) is 45.5 Å². The molecule has 0 amide bonds. The molecular formula is C23H17N3O3S. The van der Waals surface area contributed by atoms with Crippen LogP contribution < -0.4 is 4.73 Å². The Bertz CT molecular complexity index is 1280. The van der Waals surface area contributed by atoms with Gasteiger partial charge in [-0.25, -0.2) is 14.5 Å². The Balaban J connectivity index is 1.56. The van der Waals surface area contributed by atoms with Gasteiger partial charge in [0, 0.05) is 16.3 Å². The highest BCUT2D eigenvalue weighted by Crippen LogP contribution is 2.38. The van der Waals surface area contributed by atoms with Gasteiger partial charge in [-0.1, -0.05) is 24.3 Å². The van der Waals surface area contributed by atoms with Crippen LogP contribution in [0.2, 0.25) is 0 Å². The summed E-state index contributed by atoms with van der Waals surface area (Å²) in [5, 5.41) is 14.6. The molecule has 5 rings (SSSR count). The summed E-state index contributed by atoms with van der Waals surface area (Å²) in [5.74, 6) is -0.327. The molecule has 0 aliphatic heterocycles. The number of para-hydroxylation sites is 1. The Morgan fingerprint density at radius 2 is 2.10 bits per heavy atom. The zero-order chi connectivity index (χ0) is 20.5. The van der Waals surface area contributed by atoms with E-state index >= 15 is 0 Å². The summed E-state index contributed by atoms with van der Waals surface area (Å²) in [4.78, 5) is 23.1. The first kappa shape index (κ1) is 18.4. The Kier molecular flexibility index (Phi) is 4.72. The summed E-state index contributed by atoms with van der Waals surface area (Å²) in [6.07, 6.45) is 6.51. The number of hydrogen-bond donors (Lipinski definition) is 0. The Labute approximate surface area is 176 Å². The molecule has 6 nitrogen and oxygen atoms in total. The quantitative estimate of drug-likeness (QED) is 0.284. The van der Waals surface area contributed by atoms with Crippen molar-refractivity contribution in [1.29, 1.82) is 0 Å². The number of aromatic nitrogens is 3. The SMILES string of the molecule is O=C(OCc1nccc[n+]1[O-])c1c2c(nc3ccccc13)/C(=C\c1cccs1)CC2. The van der Waals surface area contributed by atoms with E-state index in [1.165, 1.54) is 18.5 Å². The molecule has 3 heterocycles. The summed E-state index contributed by atoms with van der Waals surface area (Å²) < 4.78 is 6.10. The molecule has 3 aromatic heterocycles. The molecule has 148 valence electrons. The predicted octanol–water partition coefficient (Wildman–Crippen LogP) is 4.17. The summed E-state index contributed by atoms with van der Waals surface area (Å²) >= 11 is 1.67. The van der Waals surface area contributed by atoms with Crippen molar-refractivity contribution in [2.24, 2.45) is 0 Å². The maximum atomic E-state index is 13.1. The number of ether oxygens (including phenoxy) is 1. The van der Waals surface area contributed by atoms with E-state index in [1.54, 1.807) is 11.3 Å². The molecule has 0 fully saturated rings. The van der Waals surface area contributed by atoms with Gasteiger partial charge >= 0.3 is 11.8 Å². The van der Waals surface area contributed by atoms with E-state index in [0.29, 0.717) is 10.3 Å². The minimum Gasteiger partial charge on any atom is -0.711 e. The number of benzene rings is 1. The fourth-order valence-corrected chi connectivity index (χ4v) is 4.43. The van der Waals surface area contributed by atoms with Crippen LogP contribution in [0.3, 0.4) is 0 Å². The van der Waals surface area contributed by atoms with Gasteiger partial charge in [0.1, 0.15) is 6.20 Å². The van der Waals surface area contributed by atoms with Crippen LogP contribution in [0.5, 0.6) is 0 Å². The topological polar surface area (TPSA) is 79.0 Å². The number of carbonyl (C=O) groups is 1. The van der Waals surface area contributed by atoms with Crippen LogP contribution in [-0.4, -0.2) is 15.9 Å². The normalized spacial score (nSPS) is 14.2. The Hall–Kier alpha value is -3.58. The molecule has 0 atom stereocenters. The molecule has 0 saturated heterocycles. The van der Waals surface area contributed by atoms with Crippen LogP contribution in [0.15, 0.2) is 60.2 Å². The molecule has 1 aliphatic carbocycles. The molecular weight excluding hydrogens is 398 g/mol. The highest BCUT2D eigenvalue weighted by Gasteiger charge is 2.28. The lowest BCUT2D eigenvalue weighted by Gasteiger charge is -2.12. The molecule has 0 N–H and O–H groups in total. The molecule has 4 aromatic rings. The standard InChI is InChI=1S/C23H17N3O3S/c27-23(29-14-20-24-10-4-11-26(20)28)21-17-6-1-2-7-19(17)25-22-15(8-9-18(21)22)13-16-5-3-12-30-16/h1-7,10-13H,8-9,14H2/b15-13-. The predicted molar refractivity (Wildman–Crippen MR) is 115 cm³/mol. The number of nitrogens with zero attached hydrogens (tertiary/aromatic N) is 3. The van der Waals surface area contributed by atoms with E-state index < -0.39 is 5.97 Å². The molecule has 0 saturated carbocycles. The van der Waals surface area contributed by atoms with Gasteiger partial charge in [0.2, 0.25) is 0 Å². The van der Waals surface area contributed by atoms with Crippen molar-refractivity contribution < 1.29 is 14.3 Å². The van der Waals surface area contributed by atoms with E-state index in [2.05, 4.69) is 17.1 Å². The molecule has 30 heavy (non-hydrogen) atoms. The average molecular weight is 415 g/mol. The van der Waals surface area contributed by atoms with Crippen LogP contribution in [0.25, 0.3) is 22.6 Å². The third-order valence-corrected chi connectivity index (χ3v) is 5.94.